The van der Waals surface area contributed by atoms with E-state index in [1.54, 1.807) is 0 Å². The van der Waals surface area contributed by atoms with Crippen molar-refractivity contribution < 1.29 is 75.9 Å². The number of anilines is 4. The van der Waals surface area contributed by atoms with Crippen molar-refractivity contribution in [2.24, 2.45) is 5.92 Å². The molecule has 28 nitrogen and oxygen atoms in total. The van der Waals surface area contributed by atoms with Gasteiger partial charge < -0.3 is 66.3 Å². The number of nitrogens with zero attached hydrogens (tertiary/aromatic N) is 5. The zero-order valence-corrected chi connectivity index (χ0v) is 31.4. The fourth-order valence-corrected chi connectivity index (χ4v) is 9.34. The van der Waals surface area contributed by atoms with Gasteiger partial charge in [0.1, 0.15) is 42.4 Å². The summed E-state index contributed by atoms with van der Waals surface area (Å²) in [6.07, 6.45) is -11.9. The fraction of sp³-hybridized carbons (Fsp3) is 0.625. The first-order chi connectivity index (χ1) is 25.6. The molecule has 31 heteroatoms. The molecule has 3 aromatic heterocycles. The maximum atomic E-state index is 12.7. The standard InChI is InChI=1S/C24H39N10O18P3/c1-4-33(17-11(27-3)19(39)31-23(25)29-17)22-16(38)15(37)14(36)10(50-22)6-48-54(43,44)52-55(45,46)51-53(41,42)47-5-9-13(35)8(2)21(49-9)34-7-28-12-18(34)30-24(26)32-20(12)40/h7-10,13-16,21-22,27,35-38H,4-6H2,1-3H3,(H,41,42)(H,43,44)(H,45,46)(H3,25,29,31,39)(H3,26,30,32,40)/t8-,9-,10-,13+,14-,15+,16-,21-,22-/m1/s1. The summed E-state index contributed by atoms with van der Waals surface area (Å²) < 4.78 is 68.0. The van der Waals surface area contributed by atoms with Gasteiger partial charge in [-0.15, -0.1) is 0 Å². The van der Waals surface area contributed by atoms with Crippen LogP contribution in [0.1, 0.15) is 20.1 Å². The van der Waals surface area contributed by atoms with Crippen LogP contribution in [-0.4, -0.2) is 134 Å². The van der Waals surface area contributed by atoms with Crippen molar-refractivity contribution in [2.75, 3.05) is 48.5 Å². The number of ether oxygens (including phenoxy) is 2. The molecule has 0 aliphatic carbocycles. The Labute approximate surface area is 307 Å². The highest BCUT2D eigenvalue weighted by Gasteiger charge is 2.49. The van der Waals surface area contributed by atoms with Crippen molar-refractivity contribution in [3.63, 3.8) is 0 Å². The van der Waals surface area contributed by atoms with Crippen LogP contribution in [0.4, 0.5) is 23.4 Å². The lowest BCUT2D eigenvalue weighted by Crippen LogP contribution is -2.63. The largest absolute Gasteiger partial charge is 0.490 e. The number of hydrogen-bond acceptors (Lipinski definition) is 22. The Morgan fingerprint density at radius 2 is 1.44 bits per heavy atom. The highest BCUT2D eigenvalue weighted by molar-refractivity contribution is 7.66. The summed E-state index contributed by atoms with van der Waals surface area (Å²) in [6.45, 7) is 0.865. The minimum Gasteiger partial charge on any atom is -0.390 e. The predicted molar refractivity (Wildman–Crippen MR) is 184 cm³/mol. The molecular formula is C24H39N10O18P3. The monoisotopic (exact) mass is 848 g/mol. The van der Waals surface area contributed by atoms with E-state index in [2.05, 4.69) is 43.4 Å². The zero-order chi connectivity index (χ0) is 40.8. The van der Waals surface area contributed by atoms with Crippen LogP contribution in [0.2, 0.25) is 0 Å². The Bertz CT molecular complexity index is 2140. The van der Waals surface area contributed by atoms with Gasteiger partial charge in [-0.05, 0) is 6.92 Å². The zero-order valence-electron chi connectivity index (χ0n) is 28.7. The third kappa shape index (κ3) is 9.26. The van der Waals surface area contributed by atoms with Crippen LogP contribution in [0.15, 0.2) is 15.9 Å². The van der Waals surface area contributed by atoms with Crippen molar-refractivity contribution in [1.29, 1.82) is 0 Å². The van der Waals surface area contributed by atoms with E-state index in [0.717, 1.165) is 0 Å². The summed E-state index contributed by atoms with van der Waals surface area (Å²) in [5.41, 5.74) is 9.68. The molecule has 0 bridgehead atoms. The van der Waals surface area contributed by atoms with E-state index in [1.807, 2.05) is 0 Å². The lowest BCUT2D eigenvalue weighted by atomic mass is 9.97. The van der Waals surface area contributed by atoms with Gasteiger partial charge >= 0.3 is 23.5 Å². The van der Waals surface area contributed by atoms with Crippen LogP contribution >= 0.6 is 23.5 Å². The molecule has 2 aliphatic rings. The van der Waals surface area contributed by atoms with E-state index >= 15 is 0 Å². The molecule has 2 fully saturated rings. The molecule has 14 N–H and O–H groups in total. The van der Waals surface area contributed by atoms with Gasteiger partial charge in [0, 0.05) is 19.5 Å². The summed E-state index contributed by atoms with van der Waals surface area (Å²) in [4.78, 5) is 72.6. The van der Waals surface area contributed by atoms with E-state index < -0.39 is 103 Å². The lowest BCUT2D eigenvalue weighted by Gasteiger charge is -2.45. The van der Waals surface area contributed by atoms with E-state index in [-0.39, 0.29) is 41.1 Å². The summed E-state index contributed by atoms with van der Waals surface area (Å²) in [6, 6.07) is 0. The number of nitrogens with two attached hydrogens (primary N) is 2. The highest BCUT2D eigenvalue weighted by atomic mass is 31.3. The molecule has 0 saturated carbocycles. The topological polar surface area (TPSA) is 425 Å². The molecular weight excluding hydrogens is 809 g/mol. The average Bonchev–Trinajstić information content (AvgIpc) is 3.62. The van der Waals surface area contributed by atoms with Crippen LogP contribution in [0, 0.1) is 5.92 Å². The Hall–Kier alpha value is -3.40. The molecule has 55 heavy (non-hydrogen) atoms. The van der Waals surface area contributed by atoms with E-state index in [0.29, 0.717) is 0 Å². The summed E-state index contributed by atoms with van der Waals surface area (Å²) in [5, 5.41) is 45.1. The summed E-state index contributed by atoms with van der Waals surface area (Å²) in [7, 11) is -16.0. The number of H-pyrrole nitrogens is 2. The number of hydrogen-bond donors (Lipinski definition) is 12. The second-order valence-corrected chi connectivity index (χ2v) is 16.7. The molecule has 0 radical (unpaired) electrons. The number of rotatable bonds is 15. The highest BCUT2D eigenvalue weighted by Crippen LogP contribution is 2.67. The first-order valence-corrected chi connectivity index (χ1v) is 20.4. The second kappa shape index (κ2) is 16.2. The molecule has 0 aromatic carbocycles. The maximum absolute atomic E-state index is 12.7. The van der Waals surface area contributed by atoms with Gasteiger partial charge in [0.05, 0.1) is 25.6 Å². The molecule has 12 atom stereocenters. The van der Waals surface area contributed by atoms with Crippen molar-refractivity contribution in [2.45, 2.75) is 62.9 Å². The number of phosphoric ester groups is 2. The number of nitrogen functional groups attached to an aromatic ring is 2. The van der Waals surface area contributed by atoms with Crippen LogP contribution in [0.3, 0.4) is 0 Å². The smallest absolute Gasteiger partial charge is 0.390 e. The number of aromatic amines is 2. The second-order valence-electron chi connectivity index (χ2n) is 12.1. The molecule has 3 unspecified atom stereocenters. The van der Waals surface area contributed by atoms with E-state index in [9.17, 15) is 58.4 Å². The first kappa shape index (κ1) is 42.7. The van der Waals surface area contributed by atoms with Crippen molar-refractivity contribution in [3.8, 4) is 0 Å². The Balaban J connectivity index is 1.20. The van der Waals surface area contributed by atoms with E-state index in [1.165, 1.54) is 36.7 Å². The number of aliphatic hydroxyl groups excluding tert-OH is 4. The lowest BCUT2D eigenvalue weighted by molar-refractivity contribution is -0.227. The van der Waals surface area contributed by atoms with Crippen LogP contribution < -0.4 is 32.8 Å². The number of likely N-dealkylation sites (N-methyl/N-ethyl adjacent to an activating group) is 1. The third-order valence-electron chi connectivity index (χ3n) is 8.40. The van der Waals surface area contributed by atoms with Gasteiger partial charge in [0.25, 0.3) is 11.1 Å². The Kier molecular flexibility index (Phi) is 12.6. The number of aromatic nitrogens is 6. The minimum absolute atomic E-state index is 0.00543. The van der Waals surface area contributed by atoms with Gasteiger partial charge in [-0.1, -0.05) is 6.92 Å². The SMILES string of the molecule is CCN(c1nc(N)[nH]c(=O)c1NC)[C@@H]1O[C@H](COP(=O)(O)OP(=O)(O)OP(=O)(O)OC[C@H]2O[C@@H](n3cnc4c(=O)[nH]c(N)nc43)[C@H](C)[C@@H]2O)[C@@H](O)[C@H](O)[C@H]1O. The number of phosphoric acid groups is 3. The summed E-state index contributed by atoms with van der Waals surface area (Å²) >= 11 is 0. The number of imidazole rings is 1. The van der Waals surface area contributed by atoms with Gasteiger partial charge in [-0.25, -0.2) is 18.7 Å². The van der Waals surface area contributed by atoms with Gasteiger partial charge in [-0.3, -0.25) is 33.2 Å². The number of nitrogens with one attached hydrogen (secondary N) is 3. The third-order valence-corrected chi connectivity index (χ3v) is 12.7. The average molecular weight is 849 g/mol. The predicted octanol–water partition coefficient (Wildman–Crippen LogP) is -2.99. The molecule has 0 amide bonds. The molecule has 3 aromatic rings. The van der Waals surface area contributed by atoms with Crippen molar-refractivity contribution in [1.82, 2.24) is 29.5 Å². The molecule has 0 spiro atoms. The Morgan fingerprint density at radius 1 is 0.873 bits per heavy atom. The molecule has 5 heterocycles. The quantitative estimate of drug-likeness (QED) is 0.0678. The Morgan fingerprint density at radius 3 is 2.02 bits per heavy atom. The van der Waals surface area contributed by atoms with Crippen molar-refractivity contribution in [3.05, 3.63) is 27.0 Å². The van der Waals surface area contributed by atoms with E-state index in [4.69, 9.17) is 25.5 Å². The van der Waals surface area contributed by atoms with Gasteiger partial charge in [0.15, 0.2) is 23.2 Å². The first-order valence-electron chi connectivity index (χ1n) is 15.9. The van der Waals surface area contributed by atoms with Gasteiger partial charge in [-0.2, -0.15) is 18.6 Å². The molecule has 2 saturated heterocycles. The van der Waals surface area contributed by atoms with Crippen molar-refractivity contribution >= 4 is 58.0 Å². The molecule has 5 rings (SSSR count). The minimum atomic E-state index is -6.02. The van der Waals surface area contributed by atoms with Crippen LogP contribution in [-0.2, 0) is 40.8 Å². The van der Waals surface area contributed by atoms with Crippen LogP contribution in [0.5, 0.6) is 0 Å². The molecule has 308 valence electrons. The van der Waals surface area contributed by atoms with Gasteiger partial charge in [0.2, 0.25) is 11.9 Å². The number of aliphatic hydroxyl groups is 4. The number of fused-ring (bicyclic) bond motifs is 1. The summed E-state index contributed by atoms with van der Waals surface area (Å²) in [5.74, 6) is -1.50. The fourth-order valence-electron chi connectivity index (χ4n) is 5.82. The normalized spacial score (nSPS) is 30.4. The molecule has 2 aliphatic heterocycles. The van der Waals surface area contributed by atoms with Crippen LogP contribution in [0.25, 0.3) is 11.2 Å². The maximum Gasteiger partial charge on any atom is 0.490 e.